The Morgan fingerprint density at radius 3 is 2.56 bits per heavy atom. The standard InChI is InChI=1S/C20H32N6.HI/c1-20(2,13-9-12-17-10-7-6-8-11-17)15-22-19(21-3)25(4)14-18-23-16-24-26(18)5;/h6-8,10-11,16H,9,12-15H2,1-5H3,(H,21,22);1H. The maximum atomic E-state index is 4.40. The van der Waals surface area contributed by atoms with Crippen molar-refractivity contribution in [2.24, 2.45) is 17.5 Å². The Kier molecular flexibility index (Phi) is 9.76. The summed E-state index contributed by atoms with van der Waals surface area (Å²) >= 11 is 0. The molecule has 0 atom stereocenters. The van der Waals surface area contributed by atoms with Crippen molar-refractivity contribution in [2.75, 3.05) is 20.6 Å². The van der Waals surface area contributed by atoms with Crippen molar-refractivity contribution in [1.82, 2.24) is 25.0 Å². The number of hydrogen-bond acceptors (Lipinski definition) is 3. The molecule has 0 unspecified atom stereocenters. The van der Waals surface area contributed by atoms with Gasteiger partial charge in [0.15, 0.2) is 5.96 Å². The van der Waals surface area contributed by atoms with Crippen LogP contribution in [0.15, 0.2) is 41.7 Å². The number of rotatable bonds is 8. The third kappa shape index (κ3) is 7.86. The van der Waals surface area contributed by atoms with E-state index >= 15 is 0 Å². The minimum atomic E-state index is 0. The Labute approximate surface area is 180 Å². The number of aryl methyl sites for hydroxylation is 2. The molecule has 0 aliphatic heterocycles. The second-order valence-corrected chi connectivity index (χ2v) is 7.56. The molecule has 0 saturated carbocycles. The van der Waals surface area contributed by atoms with E-state index in [1.807, 2.05) is 21.1 Å². The van der Waals surface area contributed by atoms with Gasteiger partial charge in [-0.1, -0.05) is 44.2 Å². The van der Waals surface area contributed by atoms with E-state index in [1.54, 1.807) is 11.0 Å². The van der Waals surface area contributed by atoms with E-state index in [9.17, 15) is 0 Å². The number of hydrogen-bond donors (Lipinski definition) is 1. The molecular weight excluding hydrogens is 451 g/mol. The molecule has 150 valence electrons. The van der Waals surface area contributed by atoms with E-state index in [0.717, 1.165) is 24.7 Å². The van der Waals surface area contributed by atoms with Crippen molar-refractivity contribution >= 4 is 29.9 Å². The lowest BCUT2D eigenvalue weighted by Gasteiger charge is -2.28. The highest BCUT2D eigenvalue weighted by Crippen LogP contribution is 2.22. The van der Waals surface area contributed by atoms with E-state index in [4.69, 9.17) is 0 Å². The summed E-state index contributed by atoms with van der Waals surface area (Å²) < 4.78 is 1.79. The predicted molar refractivity (Wildman–Crippen MR) is 122 cm³/mol. The van der Waals surface area contributed by atoms with E-state index < -0.39 is 0 Å². The average molecular weight is 484 g/mol. The smallest absolute Gasteiger partial charge is 0.193 e. The van der Waals surface area contributed by atoms with Crippen LogP contribution in [0.4, 0.5) is 0 Å². The molecule has 2 aromatic rings. The van der Waals surface area contributed by atoms with Crippen LogP contribution in [0.5, 0.6) is 0 Å². The first kappa shape index (κ1) is 23.4. The molecule has 2 rings (SSSR count). The summed E-state index contributed by atoms with van der Waals surface area (Å²) in [4.78, 5) is 10.8. The number of guanidine groups is 1. The quantitative estimate of drug-likeness (QED) is 0.354. The Bertz CT molecular complexity index is 696. The van der Waals surface area contributed by atoms with E-state index in [1.165, 1.54) is 18.4 Å². The maximum absolute atomic E-state index is 4.40. The van der Waals surface area contributed by atoms with Crippen molar-refractivity contribution in [2.45, 2.75) is 39.7 Å². The zero-order chi connectivity index (χ0) is 19.0. The van der Waals surface area contributed by atoms with Gasteiger partial charge in [0.25, 0.3) is 0 Å². The number of benzene rings is 1. The summed E-state index contributed by atoms with van der Waals surface area (Å²) in [5.74, 6) is 1.79. The second-order valence-electron chi connectivity index (χ2n) is 7.56. The third-order valence-electron chi connectivity index (χ3n) is 4.64. The van der Waals surface area contributed by atoms with Crippen LogP contribution in [0.25, 0.3) is 0 Å². The molecule has 1 N–H and O–H groups in total. The molecule has 0 aliphatic rings. The van der Waals surface area contributed by atoms with Crippen LogP contribution in [0.1, 0.15) is 38.1 Å². The second kappa shape index (κ2) is 11.3. The fraction of sp³-hybridized carbons (Fsp3) is 0.550. The van der Waals surface area contributed by atoms with E-state index in [2.05, 4.69) is 69.5 Å². The van der Waals surface area contributed by atoms with Crippen LogP contribution in [-0.2, 0) is 20.0 Å². The van der Waals surface area contributed by atoms with Gasteiger partial charge in [-0.15, -0.1) is 24.0 Å². The largest absolute Gasteiger partial charge is 0.356 e. The highest BCUT2D eigenvalue weighted by molar-refractivity contribution is 14.0. The van der Waals surface area contributed by atoms with Gasteiger partial charge in [-0.05, 0) is 30.2 Å². The molecule has 0 spiro atoms. The molecule has 0 amide bonds. The molecule has 6 nitrogen and oxygen atoms in total. The highest BCUT2D eigenvalue weighted by Gasteiger charge is 2.19. The van der Waals surface area contributed by atoms with Gasteiger partial charge in [0.05, 0.1) is 6.54 Å². The SMILES string of the molecule is CN=C(NCC(C)(C)CCCc1ccccc1)N(C)Cc1ncnn1C.I. The topological polar surface area (TPSA) is 58.3 Å². The van der Waals surface area contributed by atoms with Gasteiger partial charge in [-0.25, -0.2) is 4.98 Å². The van der Waals surface area contributed by atoms with Gasteiger partial charge in [0, 0.05) is 27.7 Å². The van der Waals surface area contributed by atoms with Crippen molar-refractivity contribution in [3.8, 4) is 0 Å². The number of nitrogens with zero attached hydrogens (tertiary/aromatic N) is 5. The summed E-state index contributed by atoms with van der Waals surface area (Å²) in [7, 11) is 5.74. The fourth-order valence-electron chi connectivity index (χ4n) is 2.96. The number of aromatic nitrogens is 3. The molecular formula is C20H33IN6. The summed E-state index contributed by atoms with van der Waals surface area (Å²) in [6.07, 6.45) is 5.06. The molecule has 1 aromatic carbocycles. The van der Waals surface area contributed by atoms with Crippen molar-refractivity contribution in [1.29, 1.82) is 0 Å². The van der Waals surface area contributed by atoms with Gasteiger partial charge in [0.2, 0.25) is 0 Å². The number of aliphatic imine (C=N–C) groups is 1. The van der Waals surface area contributed by atoms with Crippen molar-refractivity contribution < 1.29 is 0 Å². The summed E-state index contributed by atoms with van der Waals surface area (Å²) in [5.41, 5.74) is 1.62. The minimum Gasteiger partial charge on any atom is -0.356 e. The molecule has 1 aromatic heterocycles. The zero-order valence-corrected chi connectivity index (χ0v) is 19.5. The molecule has 0 bridgehead atoms. The maximum Gasteiger partial charge on any atom is 0.193 e. The number of halogens is 1. The van der Waals surface area contributed by atoms with Crippen LogP contribution in [0.3, 0.4) is 0 Å². The van der Waals surface area contributed by atoms with Crippen molar-refractivity contribution in [3.63, 3.8) is 0 Å². The predicted octanol–water partition coefficient (Wildman–Crippen LogP) is 3.49. The number of nitrogens with one attached hydrogen (secondary N) is 1. The van der Waals surface area contributed by atoms with Crippen molar-refractivity contribution in [3.05, 3.63) is 48.0 Å². The monoisotopic (exact) mass is 484 g/mol. The molecule has 0 radical (unpaired) electrons. The van der Waals surface area contributed by atoms with E-state index in [-0.39, 0.29) is 29.4 Å². The van der Waals surface area contributed by atoms with Crippen LogP contribution in [-0.4, -0.2) is 46.3 Å². The van der Waals surface area contributed by atoms with Gasteiger partial charge in [-0.2, -0.15) is 5.10 Å². The Balaban J connectivity index is 0.00000364. The summed E-state index contributed by atoms with van der Waals surface area (Å²) in [5, 5.41) is 7.63. The summed E-state index contributed by atoms with van der Waals surface area (Å²) in [6.45, 7) is 6.17. The lowest BCUT2D eigenvalue weighted by Crippen LogP contribution is -2.43. The lowest BCUT2D eigenvalue weighted by molar-refractivity contribution is 0.316. The van der Waals surface area contributed by atoms with Gasteiger partial charge < -0.3 is 10.2 Å². The van der Waals surface area contributed by atoms with Crippen LogP contribution in [0, 0.1) is 5.41 Å². The molecule has 1 heterocycles. The third-order valence-corrected chi connectivity index (χ3v) is 4.64. The highest BCUT2D eigenvalue weighted by atomic mass is 127. The van der Waals surface area contributed by atoms with Gasteiger partial charge in [0.1, 0.15) is 12.2 Å². The van der Waals surface area contributed by atoms with Crippen LogP contribution < -0.4 is 5.32 Å². The Morgan fingerprint density at radius 2 is 1.96 bits per heavy atom. The van der Waals surface area contributed by atoms with Gasteiger partial charge in [-0.3, -0.25) is 9.67 Å². The first-order valence-electron chi connectivity index (χ1n) is 9.20. The van der Waals surface area contributed by atoms with Gasteiger partial charge >= 0.3 is 0 Å². The first-order valence-corrected chi connectivity index (χ1v) is 9.20. The Morgan fingerprint density at radius 1 is 1.26 bits per heavy atom. The van der Waals surface area contributed by atoms with E-state index in [0.29, 0.717) is 6.54 Å². The first-order chi connectivity index (χ1) is 12.4. The molecule has 0 fully saturated rings. The molecule has 27 heavy (non-hydrogen) atoms. The summed E-state index contributed by atoms with van der Waals surface area (Å²) in [6, 6.07) is 10.7. The van der Waals surface area contributed by atoms with Crippen LogP contribution in [0.2, 0.25) is 0 Å². The molecule has 0 aliphatic carbocycles. The lowest BCUT2D eigenvalue weighted by atomic mass is 9.86. The minimum absolute atomic E-state index is 0. The normalized spacial score (nSPS) is 11.8. The molecule has 0 saturated heterocycles. The molecule has 7 heteroatoms. The fourth-order valence-corrected chi connectivity index (χ4v) is 2.96. The zero-order valence-electron chi connectivity index (χ0n) is 17.1. The van der Waals surface area contributed by atoms with Crippen LogP contribution >= 0.6 is 24.0 Å². The average Bonchev–Trinajstić information content (AvgIpc) is 3.01. The Hall–Kier alpha value is -1.64.